The number of rotatable bonds is 2. The van der Waals surface area contributed by atoms with E-state index < -0.39 is 11.6 Å². The van der Waals surface area contributed by atoms with E-state index in [1.165, 1.54) is 11.3 Å². The molecule has 2 N–H and O–H groups in total. The Bertz CT molecular complexity index is 608. The molecule has 0 saturated heterocycles. The SMILES string of the molecule is Cn1nccc1-c1csc(N)c1C(=O)OC(C)(C)C. The van der Waals surface area contributed by atoms with Crippen LogP contribution in [0.2, 0.25) is 0 Å². The summed E-state index contributed by atoms with van der Waals surface area (Å²) in [4.78, 5) is 12.2. The van der Waals surface area contributed by atoms with Crippen molar-refractivity contribution in [3.05, 3.63) is 23.2 Å². The number of thiophene rings is 1. The Balaban J connectivity index is 2.44. The fourth-order valence-electron chi connectivity index (χ4n) is 1.74. The molecule has 2 aromatic rings. The van der Waals surface area contributed by atoms with Gasteiger partial charge in [0.1, 0.15) is 16.2 Å². The van der Waals surface area contributed by atoms with Crippen LogP contribution < -0.4 is 5.73 Å². The molecule has 0 aromatic carbocycles. The van der Waals surface area contributed by atoms with Crippen molar-refractivity contribution < 1.29 is 9.53 Å². The number of nitrogen functional groups attached to an aromatic ring is 1. The molecule has 0 fully saturated rings. The van der Waals surface area contributed by atoms with E-state index in [9.17, 15) is 4.79 Å². The third-order valence-corrected chi connectivity index (χ3v) is 3.33. The summed E-state index contributed by atoms with van der Waals surface area (Å²) in [6, 6.07) is 1.84. The van der Waals surface area contributed by atoms with E-state index >= 15 is 0 Å². The molecule has 2 rings (SSSR count). The second-order valence-electron chi connectivity index (χ2n) is 5.23. The van der Waals surface area contributed by atoms with Crippen molar-refractivity contribution in [1.82, 2.24) is 9.78 Å². The van der Waals surface area contributed by atoms with Crippen molar-refractivity contribution in [2.75, 3.05) is 5.73 Å². The topological polar surface area (TPSA) is 70.1 Å². The van der Waals surface area contributed by atoms with Crippen molar-refractivity contribution >= 4 is 22.3 Å². The molecule has 0 aliphatic rings. The summed E-state index contributed by atoms with van der Waals surface area (Å²) in [6.07, 6.45) is 1.68. The van der Waals surface area contributed by atoms with Gasteiger partial charge in [0.05, 0.1) is 5.69 Å². The molecule has 0 atom stereocenters. The van der Waals surface area contributed by atoms with Gasteiger partial charge in [0, 0.05) is 24.2 Å². The van der Waals surface area contributed by atoms with Crippen LogP contribution in [-0.2, 0) is 11.8 Å². The lowest BCUT2D eigenvalue weighted by atomic mass is 10.1. The summed E-state index contributed by atoms with van der Waals surface area (Å²) >= 11 is 1.33. The zero-order valence-corrected chi connectivity index (χ0v) is 12.2. The van der Waals surface area contributed by atoms with Crippen LogP contribution in [0, 0.1) is 0 Å². The average molecular weight is 279 g/mol. The van der Waals surface area contributed by atoms with Gasteiger partial charge in [0.25, 0.3) is 0 Å². The molecule has 0 aliphatic carbocycles. The number of hydrogen-bond donors (Lipinski definition) is 1. The van der Waals surface area contributed by atoms with Gasteiger partial charge in [0.15, 0.2) is 0 Å². The number of carbonyl (C=O) groups excluding carboxylic acids is 1. The maximum absolute atomic E-state index is 12.2. The van der Waals surface area contributed by atoms with Gasteiger partial charge in [-0.1, -0.05) is 0 Å². The van der Waals surface area contributed by atoms with Crippen molar-refractivity contribution in [1.29, 1.82) is 0 Å². The fraction of sp³-hybridized carbons (Fsp3) is 0.385. The molecule has 0 bridgehead atoms. The van der Waals surface area contributed by atoms with Crippen LogP contribution in [-0.4, -0.2) is 21.4 Å². The number of aryl methyl sites for hydroxylation is 1. The molecule has 5 nitrogen and oxygen atoms in total. The first-order valence-corrected chi connectivity index (χ1v) is 6.76. The quantitative estimate of drug-likeness (QED) is 0.858. The van der Waals surface area contributed by atoms with Gasteiger partial charge in [-0.25, -0.2) is 4.79 Å². The standard InChI is InChI=1S/C13H17N3O2S/c1-13(2,3)18-12(17)10-8(7-19-11(10)14)9-5-6-15-16(9)4/h5-7H,14H2,1-4H3. The highest BCUT2D eigenvalue weighted by Gasteiger charge is 2.25. The smallest absolute Gasteiger partial charge is 0.342 e. The van der Waals surface area contributed by atoms with Gasteiger partial charge in [-0.2, -0.15) is 5.10 Å². The number of esters is 1. The maximum atomic E-state index is 12.2. The number of nitrogens with zero attached hydrogens (tertiary/aromatic N) is 2. The van der Waals surface area contributed by atoms with Crippen LogP contribution in [0.25, 0.3) is 11.3 Å². The van der Waals surface area contributed by atoms with Gasteiger partial charge in [-0.3, -0.25) is 4.68 Å². The lowest BCUT2D eigenvalue weighted by Gasteiger charge is -2.19. The second kappa shape index (κ2) is 4.70. The minimum absolute atomic E-state index is 0.401. The Hall–Kier alpha value is -1.82. The molecule has 0 radical (unpaired) electrons. The number of carbonyl (C=O) groups is 1. The van der Waals surface area contributed by atoms with Crippen LogP contribution in [0.15, 0.2) is 17.6 Å². The summed E-state index contributed by atoms with van der Waals surface area (Å²) < 4.78 is 7.10. The first kappa shape index (κ1) is 13.6. The number of anilines is 1. The van der Waals surface area contributed by atoms with Crippen LogP contribution in [0.1, 0.15) is 31.1 Å². The van der Waals surface area contributed by atoms with E-state index in [4.69, 9.17) is 10.5 Å². The molecule has 0 unspecified atom stereocenters. The highest BCUT2D eigenvalue weighted by atomic mass is 32.1. The fourth-order valence-corrected chi connectivity index (χ4v) is 2.53. The zero-order valence-electron chi connectivity index (χ0n) is 11.4. The monoisotopic (exact) mass is 279 g/mol. The molecular weight excluding hydrogens is 262 g/mol. The Morgan fingerprint density at radius 2 is 2.16 bits per heavy atom. The molecule has 19 heavy (non-hydrogen) atoms. The summed E-state index contributed by atoms with van der Waals surface area (Å²) in [5, 5.41) is 6.42. The molecule has 2 heterocycles. The van der Waals surface area contributed by atoms with Crippen molar-refractivity contribution in [3.63, 3.8) is 0 Å². The molecule has 6 heteroatoms. The summed E-state index contributed by atoms with van der Waals surface area (Å²) in [6.45, 7) is 5.49. The van der Waals surface area contributed by atoms with Gasteiger partial charge < -0.3 is 10.5 Å². The number of nitrogens with two attached hydrogens (primary N) is 1. The first-order chi connectivity index (χ1) is 8.79. The molecular formula is C13H17N3O2S. The Kier molecular flexibility index (Phi) is 3.36. The minimum atomic E-state index is -0.546. The third-order valence-electron chi connectivity index (χ3n) is 2.52. The highest BCUT2D eigenvalue weighted by Crippen LogP contribution is 2.34. The van der Waals surface area contributed by atoms with Gasteiger partial charge >= 0.3 is 5.97 Å². The second-order valence-corrected chi connectivity index (χ2v) is 6.14. The average Bonchev–Trinajstić information content (AvgIpc) is 2.81. The third kappa shape index (κ3) is 2.78. The zero-order chi connectivity index (χ0) is 14.2. The highest BCUT2D eigenvalue weighted by molar-refractivity contribution is 7.14. The van der Waals surface area contributed by atoms with Gasteiger partial charge in [0.2, 0.25) is 0 Å². The largest absolute Gasteiger partial charge is 0.456 e. The molecule has 0 aliphatic heterocycles. The number of ether oxygens (including phenoxy) is 1. The van der Waals surface area contributed by atoms with Crippen molar-refractivity contribution in [2.24, 2.45) is 7.05 Å². The van der Waals surface area contributed by atoms with Crippen molar-refractivity contribution in [2.45, 2.75) is 26.4 Å². The Morgan fingerprint density at radius 1 is 1.47 bits per heavy atom. The summed E-state index contributed by atoms with van der Waals surface area (Å²) in [7, 11) is 1.82. The summed E-state index contributed by atoms with van der Waals surface area (Å²) in [5.41, 5.74) is 7.38. The predicted octanol–water partition coefficient (Wildman–Crippen LogP) is 2.69. The predicted molar refractivity (Wildman–Crippen MR) is 76.1 cm³/mol. The van der Waals surface area contributed by atoms with Crippen LogP contribution in [0.3, 0.4) is 0 Å². The molecule has 102 valence electrons. The van der Waals surface area contributed by atoms with E-state index in [0.29, 0.717) is 10.6 Å². The molecule has 0 spiro atoms. The van der Waals surface area contributed by atoms with Crippen LogP contribution in [0.5, 0.6) is 0 Å². The number of hydrogen-bond acceptors (Lipinski definition) is 5. The van der Waals surface area contributed by atoms with E-state index in [-0.39, 0.29) is 0 Å². The normalized spacial score (nSPS) is 11.6. The van der Waals surface area contributed by atoms with Crippen LogP contribution >= 0.6 is 11.3 Å². The maximum Gasteiger partial charge on any atom is 0.342 e. The van der Waals surface area contributed by atoms with Gasteiger partial charge in [-0.15, -0.1) is 11.3 Å². The van der Waals surface area contributed by atoms with E-state index in [0.717, 1.165) is 11.3 Å². The summed E-state index contributed by atoms with van der Waals surface area (Å²) in [5.74, 6) is -0.401. The molecule has 0 amide bonds. The van der Waals surface area contributed by atoms with Crippen molar-refractivity contribution in [3.8, 4) is 11.3 Å². The molecule has 0 saturated carbocycles. The Morgan fingerprint density at radius 3 is 2.68 bits per heavy atom. The lowest BCUT2D eigenvalue weighted by Crippen LogP contribution is -2.24. The van der Waals surface area contributed by atoms with E-state index in [2.05, 4.69) is 5.10 Å². The van der Waals surface area contributed by atoms with Crippen LogP contribution in [0.4, 0.5) is 5.00 Å². The molecule has 2 aromatic heterocycles. The van der Waals surface area contributed by atoms with E-state index in [1.807, 2.05) is 39.3 Å². The minimum Gasteiger partial charge on any atom is -0.456 e. The van der Waals surface area contributed by atoms with Gasteiger partial charge in [-0.05, 0) is 26.8 Å². The lowest BCUT2D eigenvalue weighted by molar-refractivity contribution is 0.00722. The van der Waals surface area contributed by atoms with E-state index in [1.54, 1.807) is 10.9 Å². The first-order valence-electron chi connectivity index (χ1n) is 5.88. The number of aromatic nitrogens is 2. The Labute approximate surface area is 116 Å².